The Labute approximate surface area is 130 Å². The SMILES string of the molecule is CCOC(=O)c1cc(CN(C)c2ccc(C(F)(F)F)cc2)on1. The molecule has 23 heavy (non-hydrogen) atoms. The van der Waals surface area contributed by atoms with Gasteiger partial charge in [-0.2, -0.15) is 13.2 Å². The number of hydrogen-bond donors (Lipinski definition) is 0. The minimum atomic E-state index is -4.36. The van der Waals surface area contributed by atoms with Gasteiger partial charge in [-0.05, 0) is 31.2 Å². The highest BCUT2D eigenvalue weighted by Crippen LogP contribution is 2.30. The third-order valence-corrected chi connectivity index (χ3v) is 3.07. The van der Waals surface area contributed by atoms with E-state index in [1.165, 1.54) is 18.2 Å². The van der Waals surface area contributed by atoms with Gasteiger partial charge < -0.3 is 14.2 Å². The Bertz CT molecular complexity index is 665. The zero-order chi connectivity index (χ0) is 17.0. The van der Waals surface area contributed by atoms with E-state index in [2.05, 4.69) is 5.16 Å². The number of halogens is 3. The monoisotopic (exact) mass is 328 g/mol. The molecule has 0 atom stereocenters. The smallest absolute Gasteiger partial charge is 0.416 e. The van der Waals surface area contributed by atoms with Crippen LogP contribution in [0.1, 0.15) is 28.7 Å². The first-order valence-corrected chi connectivity index (χ1v) is 6.82. The fraction of sp³-hybridized carbons (Fsp3) is 0.333. The lowest BCUT2D eigenvalue weighted by Gasteiger charge is -2.18. The number of benzene rings is 1. The molecule has 1 heterocycles. The molecule has 0 saturated heterocycles. The summed E-state index contributed by atoms with van der Waals surface area (Å²) in [6.07, 6.45) is -4.36. The number of anilines is 1. The molecule has 0 aliphatic rings. The molecule has 0 saturated carbocycles. The van der Waals surface area contributed by atoms with Crippen molar-refractivity contribution in [2.45, 2.75) is 19.6 Å². The number of esters is 1. The topological polar surface area (TPSA) is 55.6 Å². The van der Waals surface area contributed by atoms with Crippen LogP contribution in [0.25, 0.3) is 0 Å². The summed E-state index contributed by atoms with van der Waals surface area (Å²) in [7, 11) is 1.69. The average molecular weight is 328 g/mol. The van der Waals surface area contributed by atoms with E-state index in [4.69, 9.17) is 9.26 Å². The Kier molecular flexibility index (Phi) is 4.92. The number of alkyl halides is 3. The van der Waals surface area contributed by atoms with Crippen molar-refractivity contribution >= 4 is 11.7 Å². The van der Waals surface area contributed by atoms with E-state index in [9.17, 15) is 18.0 Å². The van der Waals surface area contributed by atoms with Crippen molar-refractivity contribution in [1.29, 1.82) is 0 Å². The molecule has 2 rings (SSSR count). The number of carbonyl (C=O) groups excluding carboxylic acids is 1. The Hall–Kier alpha value is -2.51. The fourth-order valence-electron chi connectivity index (χ4n) is 1.92. The van der Waals surface area contributed by atoms with E-state index in [-0.39, 0.29) is 18.8 Å². The van der Waals surface area contributed by atoms with Crippen LogP contribution in [0.2, 0.25) is 0 Å². The predicted octanol–water partition coefficient (Wildman–Crippen LogP) is 3.51. The van der Waals surface area contributed by atoms with Crippen LogP contribution in [0.5, 0.6) is 0 Å². The minimum absolute atomic E-state index is 0.0580. The lowest BCUT2D eigenvalue weighted by atomic mass is 10.2. The Balaban J connectivity index is 2.04. The summed E-state index contributed by atoms with van der Waals surface area (Å²) >= 11 is 0. The maximum absolute atomic E-state index is 12.5. The number of carbonyl (C=O) groups is 1. The van der Waals surface area contributed by atoms with E-state index in [0.29, 0.717) is 11.4 Å². The second-order valence-corrected chi connectivity index (χ2v) is 4.80. The first-order chi connectivity index (χ1) is 10.8. The summed E-state index contributed by atoms with van der Waals surface area (Å²) in [5, 5.41) is 3.60. The van der Waals surface area contributed by atoms with E-state index in [0.717, 1.165) is 12.1 Å². The standard InChI is InChI=1S/C15H15F3N2O3/c1-3-22-14(21)13-8-12(23-19-13)9-20(2)11-6-4-10(5-7-11)15(16,17)18/h4-8H,3,9H2,1-2H3. The second kappa shape index (κ2) is 6.72. The molecule has 0 fully saturated rings. The van der Waals surface area contributed by atoms with Crippen molar-refractivity contribution in [3.63, 3.8) is 0 Å². The number of rotatable bonds is 5. The number of ether oxygens (including phenoxy) is 1. The molecule has 0 unspecified atom stereocenters. The van der Waals surface area contributed by atoms with Gasteiger partial charge in [0, 0.05) is 18.8 Å². The van der Waals surface area contributed by atoms with Crippen molar-refractivity contribution in [2.24, 2.45) is 0 Å². The van der Waals surface area contributed by atoms with Crippen LogP contribution >= 0.6 is 0 Å². The van der Waals surface area contributed by atoms with Crippen molar-refractivity contribution in [3.05, 3.63) is 47.3 Å². The highest BCUT2D eigenvalue weighted by Gasteiger charge is 2.30. The van der Waals surface area contributed by atoms with Gasteiger partial charge in [0.25, 0.3) is 0 Å². The maximum Gasteiger partial charge on any atom is 0.416 e. The second-order valence-electron chi connectivity index (χ2n) is 4.80. The largest absolute Gasteiger partial charge is 0.461 e. The van der Waals surface area contributed by atoms with Crippen LogP contribution in [-0.4, -0.2) is 24.8 Å². The third kappa shape index (κ3) is 4.24. The lowest BCUT2D eigenvalue weighted by molar-refractivity contribution is -0.137. The van der Waals surface area contributed by atoms with Crippen LogP contribution in [0.3, 0.4) is 0 Å². The van der Waals surface area contributed by atoms with E-state index in [1.54, 1.807) is 18.9 Å². The summed E-state index contributed by atoms with van der Waals surface area (Å²) in [5.74, 6) is -0.185. The van der Waals surface area contributed by atoms with Gasteiger partial charge in [0.2, 0.25) is 0 Å². The molecule has 1 aromatic carbocycles. The molecule has 2 aromatic rings. The van der Waals surface area contributed by atoms with Crippen LogP contribution < -0.4 is 4.90 Å². The average Bonchev–Trinajstić information content (AvgIpc) is 2.95. The first-order valence-electron chi connectivity index (χ1n) is 6.82. The quantitative estimate of drug-likeness (QED) is 0.786. The first kappa shape index (κ1) is 16.9. The summed E-state index contributed by atoms with van der Waals surface area (Å²) in [5.41, 5.74) is -0.0753. The van der Waals surface area contributed by atoms with E-state index in [1.807, 2.05) is 0 Å². The molecule has 0 bridgehead atoms. The van der Waals surface area contributed by atoms with Gasteiger partial charge in [-0.15, -0.1) is 0 Å². The molecule has 0 radical (unpaired) electrons. The van der Waals surface area contributed by atoms with Gasteiger partial charge in [-0.25, -0.2) is 4.79 Å². The molecule has 5 nitrogen and oxygen atoms in total. The van der Waals surface area contributed by atoms with Crippen molar-refractivity contribution in [3.8, 4) is 0 Å². The zero-order valence-corrected chi connectivity index (χ0v) is 12.6. The van der Waals surface area contributed by atoms with E-state index < -0.39 is 17.7 Å². The molecule has 124 valence electrons. The minimum Gasteiger partial charge on any atom is -0.461 e. The van der Waals surface area contributed by atoms with Gasteiger partial charge >= 0.3 is 12.1 Å². The summed E-state index contributed by atoms with van der Waals surface area (Å²) < 4.78 is 47.4. The summed E-state index contributed by atoms with van der Waals surface area (Å²) in [4.78, 5) is 13.2. The summed E-state index contributed by atoms with van der Waals surface area (Å²) in [6.45, 7) is 2.15. The van der Waals surface area contributed by atoms with Gasteiger partial charge in [0.05, 0.1) is 18.7 Å². The zero-order valence-electron chi connectivity index (χ0n) is 12.6. The van der Waals surface area contributed by atoms with Crippen molar-refractivity contribution < 1.29 is 27.2 Å². The fourth-order valence-corrected chi connectivity index (χ4v) is 1.92. The highest BCUT2D eigenvalue weighted by molar-refractivity contribution is 5.87. The summed E-state index contributed by atoms with van der Waals surface area (Å²) in [6, 6.07) is 6.20. The number of hydrogen-bond acceptors (Lipinski definition) is 5. The molecular formula is C15H15F3N2O3. The Morgan fingerprint density at radius 2 is 1.96 bits per heavy atom. The van der Waals surface area contributed by atoms with Crippen LogP contribution in [0.4, 0.5) is 18.9 Å². The molecule has 1 aromatic heterocycles. The molecule has 0 aliphatic carbocycles. The number of nitrogens with zero attached hydrogens (tertiary/aromatic N) is 2. The highest BCUT2D eigenvalue weighted by atomic mass is 19.4. The van der Waals surface area contributed by atoms with E-state index >= 15 is 0 Å². The molecule has 0 amide bonds. The van der Waals surface area contributed by atoms with Gasteiger partial charge in [0.1, 0.15) is 0 Å². The van der Waals surface area contributed by atoms with Crippen LogP contribution in [0.15, 0.2) is 34.9 Å². The molecule has 0 N–H and O–H groups in total. The van der Waals surface area contributed by atoms with Gasteiger partial charge in [-0.1, -0.05) is 5.16 Å². The molecule has 0 aliphatic heterocycles. The molecular weight excluding hydrogens is 313 g/mol. The number of aromatic nitrogens is 1. The Morgan fingerprint density at radius 1 is 1.30 bits per heavy atom. The van der Waals surface area contributed by atoms with Crippen LogP contribution in [-0.2, 0) is 17.5 Å². The Morgan fingerprint density at radius 3 is 2.52 bits per heavy atom. The van der Waals surface area contributed by atoms with Gasteiger partial charge in [0.15, 0.2) is 11.5 Å². The van der Waals surface area contributed by atoms with Gasteiger partial charge in [-0.3, -0.25) is 0 Å². The molecule has 0 spiro atoms. The van der Waals surface area contributed by atoms with Crippen molar-refractivity contribution in [2.75, 3.05) is 18.6 Å². The van der Waals surface area contributed by atoms with Crippen LogP contribution in [0, 0.1) is 0 Å². The maximum atomic E-state index is 12.5. The van der Waals surface area contributed by atoms with Crippen molar-refractivity contribution in [1.82, 2.24) is 5.16 Å². The third-order valence-electron chi connectivity index (χ3n) is 3.07. The lowest BCUT2D eigenvalue weighted by Crippen LogP contribution is -2.16. The predicted molar refractivity (Wildman–Crippen MR) is 76.0 cm³/mol. The molecule has 8 heteroatoms. The normalized spacial score (nSPS) is 11.3.